The van der Waals surface area contributed by atoms with E-state index in [4.69, 9.17) is 21.4 Å². The van der Waals surface area contributed by atoms with Crippen LogP contribution in [0.4, 0.5) is 0 Å². The Morgan fingerprint density at radius 3 is 2.59 bits per heavy atom. The van der Waals surface area contributed by atoms with Gasteiger partial charge in [0.15, 0.2) is 0 Å². The van der Waals surface area contributed by atoms with E-state index in [0.29, 0.717) is 23.2 Å². The highest BCUT2D eigenvalue weighted by molar-refractivity contribution is 6.29. The summed E-state index contributed by atoms with van der Waals surface area (Å²) in [7, 11) is 0. The van der Waals surface area contributed by atoms with Crippen LogP contribution in [0.2, 0.25) is 5.15 Å². The van der Waals surface area contributed by atoms with Crippen LogP contribution in [-0.2, 0) is 13.2 Å². The summed E-state index contributed by atoms with van der Waals surface area (Å²) in [6.07, 6.45) is 0. The molecular weight excluding hydrogens is 238 g/mol. The van der Waals surface area contributed by atoms with E-state index in [9.17, 15) is 0 Å². The van der Waals surface area contributed by atoms with Crippen LogP contribution in [0.1, 0.15) is 11.1 Å². The van der Waals surface area contributed by atoms with Crippen molar-refractivity contribution in [1.82, 2.24) is 4.98 Å². The first-order chi connectivity index (χ1) is 8.29. The minimum Gasteiger partial charge on any atom is -0.472 e. The number of aromatic nitrogens is 1. The zero-order valence-electron chi connectivity index (χ0n) is 9.14. The monoisotopic (exact) mass is 249 g/mol. The number of ether oxygens (including phenoxy) is 1. The second-order valence-corrected chi connectivity index (χ2v) is 3.92. The van der Waals surface area contributed by atoms with Crippen molar-refractivity contribution in [3.63, 3.8) is 0 Å². The van der Waals surface area contributed by atoms with Crippen molar-refractivity contribution in [1.29, 1.82) is 0 Å². The normalized spacial score (nSPS) is 10.2. The van der Waals surface area contributed by atoms with E-state index in [1.165, 1.54) is 0 Å². The molecule has 0 amide bonds. The Morgan fingerprint density at radius 2 is 1.88 bits per heavy atom. The molecule has 3 nitrogen and oxygen atoms in total. The van der Waals surface area contributed by atoms with Crippen molar-refractivity contribution in [2.75, 3.05) is 0 Å². The van der Waals surface area contributed by atoms with Crippen LogP contribution < -0.4 is 4.74 Å². The van der Waals surface area contributed by atoms with Gasteiger partial charge in [-0.25, -0.2) is 4.98 Å². The van der Waals surface area contributed by atoms with Gasteiger partial charge >= 0.3 is 0 Å². The van der Waals surface area contributed by atoms with Gasteiger partial charge in [0.1, 0.15) is 11.8 Å². The summed E-state index contributed by atoms with van der Waals surface area (Å²) in [6, 6.07) is 13.1. The molecule has 4 heteroatoms. The standard InChI is InChI=1S/C13H12ClNO2/c14-12-7-6-11(8-16)13(15-12)17-9-10-4-2-1-3-5-10/h1-7,16H,8-9H2. The highest BCUT2D eigenvalue weighted by Gasteiger charge is 2.05. The zero-order valence-corrected chi connectivity index (χ0v) is 9.89. The van der Waals surface area contributed by atoms with E-state index >= 15 is 0 Å². The van der Waals surface area contributed by atoms with E-state index < -0.39 is 0 Å². The molecule has 2 aromatic rings. The third-order valence-corrected chi connectivity index (χ3v) is 2.50. The SMILES string of the molecule is OCc1ccc(Cl)nc1OCc1ccccc1. The largest absolute Gasteiger partial charge is 0.472 e. The fourth-order valence-corrected chi connectivity index (χ4v) is 1.56. The number of halogens is 1. The highest BCUT2D eigenvalue weighted by Crippen LogP contribution is 2.19. The van der Waals surface area contributed by atoms with Crippen LogP contribution in [0, 0.1) is 0 Å². The van der Waals surface area contributed by atoms with E-state index in [1.54, 1.807) is 12.1 Å². The van der Waals surface area contributed by atoms with Gasteiger partial charge < -0.3 is 9.84 Å². The van der Waals surface area contributed by atoms with Crippen LogP contribution in [0.25, 0.3) is 0 Å². The topological polar surface area (TPSA) is 42.4 Å². The number of hydrogen-bond acceptors (Lipinski definition) is 3. The molecule has 0 bridgehead atoms. The molecule has 17 heavy (non-hydrogen) atoms. The minimum atomic E-state index is -0.117. The molecule has 0 fully saturated rings. The van der Waals surface area contributed by atoms with Gasteiger partial charge in [-0.1, -0.05) is 41.9 Å². The summed E-state index contributed by atoms with van der Waals surface area (Å²) in [4.78, 5) is 4.04. The van der Waals surface area contributed by atoms with Crippen molar-refractivity contribution >= 4 is 11.6 Å². The molecule has 0 aliphatic rings. The lowest BCUT2D eigenvalue weighted by atomic mass is 10.2. The van der Waals surface area contributed by atoms with Gasteiger partial charge in [-0.05, 0) is 17.7 Å². The predicted octanol–water partition coefficient (Wildman–Crippen LogP) is 2.81. The van der Waals surface area contributed by atoms with Crippen LogP contribution in [0.15, 0.2) is 42.5 Å². The first kappa shape index (κ1) is 11.9. The van der Waals surface area contributed by atoms with Crippen molar-refractivity contribution in [2.45, 2.75) is 13.2 Å². The van der Waals surface area contributed by atoms with Crippen molar-refractivity contribution in [3.05, 3.63) is 58.7 Å². The summed E-state index contributed by atoms with van der Waals surface area (Å²) < 4.78 is 5.54. The smallest absolute Gasteiger partial charge is 0.220 e. The Morgan fingerprint density at radius 1 is 1.12 bits per heavy atom. The first-order valence-corrected chi connectivity index (χ1v) is 5.60. The lowest BCUT2D eigenvalue weighted by molar-refractivity contribution is 0.253. The lowest BCUT2D eigenvalue weighted by Gasteiger charge is -2.09. The molecule has 0 spiro atoms. The maximum Gasteiger partial charge on any atom is 0.220 e. The quantitative estimate of drug-likeness (QED) is 0.848. The zero-order chi connectivity index (χ0) is 12.1. The number of pyridine rings is 1. The molecule has 1 heterocycles. The average Bonchev–Trinajstić information content (AvgIpc) is 2.38. The molecule has 88 valence electrons. The summed E-state index contributed by atoms with van der Waals surface area (Å²) in [5.41, 5.74) is 1.67. The van der Waals surface area contributed by atoms with Gasteiger partial charge in [-0.15, -0.1) is 0 Å². The third kappa shape index (κ3) is 3.19. The Hall–Kier alpha value is -1.58. The summed E-state index contributed by atoms with van der Waals surface area (Å²) in [5.74, 6) is 0.379. The summed E-state index contributed by atoms with van der Waals surface area (Å²) >= 11 is 5.78. The maximum atomic E-state index is 9.14. The second-order valence-electron chi connectivity index (χ2n) is 3.53. The van der Waals surface area contributed by atoms with Gasteiger partial charge in [0.25, 0.3) is 0 Å². The highest BCUT2D eigenvalue weighted by atomic mass is 35.5. The molecule has 2 rings (SSSR count). The van der Waals surface area contributed by atoms with Crippen LogP contribution in [0.5, 0.6) is 5.88 Å². The molecule has 0 aliphatic carbocycles. The van der Waals surface area contributed by atoms with Crippen molar-refractivity contribution < 1.29 is 9.84 Å². The molecule has 0 saturated heterocycles. The summed E-state index contributed by atoms with van der Waals surface area (Å²) in [5, 5.41) is 9.50. The maximum absolute atomic E-state index is 9.14. The molecule has 0 radical (unpaired) electrons. The number of benzene rings is 1. The molecule has 1 aromatic heterocycles. The molecule has 0 saturated carbocycles. The van der Waals surface area contributed by atoms with Gasteiger partial charge in [0, 0.05) is 5.56 Å². The fourth-order valence-electron chi connectivity index (χ4n) is 1.42. The van der Waals surface area contributed by atoms with Crippen LogP contribution in [-0.4, -0.2) is 10.1 Å². The average molecular weight is 250 g/mol. The molecular formula is C13H12ClNO2. The molecule has 0 aliphatic heterocycles. The summed E-state index contributed by atoms with van der Waals surface area (Å²) in [6.45, 7) is 0.287. The minimum absolute atomic E-state index is 0.117. The number of nitrogens with zero attached hydrogens (tertiary/aromatic N) is 1. The molecule has 1 aromatic carbocycles. The molecule has 1 N–H and O–H groups in total. The fraction of sp³-hybridized carbons (Fsp3) is 0.154. The van der Waals surface area contributed by atoms with Crippen molar-refractivity contribution in [2.24, 2.45) is 0 Å². The Kier molecular flexibility index (Phi) is 3.96. The number of aliphatic hydroxyl groups is 1. The predicted molar refractivity (Wildman–Crippen MR) is 65.9 cm³/mol. The van der Waals surface area contributed by atoms with E-state index in [1.807, 2.05) is 30.3 Å². The van der Waals surface area contributed by atoms with Crippen LogP contribution >= 0.6 is 11.6 Å². The first-order valence-electron chi connectivity index (χ1n) is 5.22. The molecule has 0 unspecified atom stereocenters. The Labute approximate surface area is 105 Å². The Bertz CT molecular complexity index is 488. The molecule has 0 atom stereocenters. The number of rotatable bonds is 4. The van der Waals surface area contributed by atoms with E-state index in [2.05, 4.69) is 4.98 Å². The number of aliphatic hydroxyl groups excluding tert-OH is 1. The van der Waals surface area contributed by atoms with Crippen molar-refractivity contribution in [3.8, 4) is 5.88 Å². The second kappa shape index (κ2) is 5.66. The van der Waals surface area contributed by atoms with Gasteiger partial charge in [0.05, 0.1) is 6.61 Å². The van der Waals surface area contributed by atoms with E-state index in [0.717, 1.165) is 5.56 Å². The van der Waals surface area contributed by atoms with E-state index in [-0.39, 0.29) is 6.61 Å². The van der Waals surface area contributed by atoms with Crippen LogP contribution in [0.3, 0.4) is 0 Å². The van der Waals surface area contributed by atoms with Gasteiger partial charge in [0.2, 0.25) is 5.88 Å². The third-order valence-electron chi connectivity index (χ3n) is 2.29. The van der Waals surface area contributed by atoms with Gasteiger partial charge in [-0.2, -0.15) is 0 Å². The lowest BCUT2D eigenvalue weighted by Crippen LogP contribution is -2.01. The Balaban J connectivity index is 2.11. The number of hydrogen-bond donors (Lipinski definition) is 1. The van der Waals surface area contributed by atoms with Gasteiger partial charge in [-0.3, -0.25) is 0 Å².